The summed E-state index contributed by atoms with van der Waals surface area (Å²) in [5.74, 6) is 2.30. The standard InChI is InChI=1S/C15H26N4/c1-5-19-8-6-7-13(10-19)17-14-9-12(4)16-15(18-14)11(2)3/h9,11,13H,5-8,10H2,1-4H3,(H,16,17,18). The molecule has 1 N–H and O–H groups in total. The summed E-state index contributed by atoms with van der Waals surface area (Å²) in [5.41, 5.74) is 1.05. The molecule has 0 saturated carbocycles. The van der Waals surface area contributed by atoms with Crippen molar-refractivity contribution in [2.24, 2.45) is 0 Å². The number of piperidine rings is 1. The van der Waals surface area contributed by atoms with Crippen molar-refractivity contribution in [3.63, 3.8) is 0 Å². The van der Waals surface area contributed by atoms with Crippen LogP contribution in [0.25, 0.3) is 0 Å². The SMILES string of the molecule is CCN1CCCC(Nc2cc(C)nc(C(C)C)n2)C1. The van der Waals surface area contributed by atoms with Crippen LogP contribution >= 0.6 is 0 Å². The molecule has 4 heteroatoms. The molecule has 1 aromatic rings. The molecule has 1 unspecified atom stereocenters. The predicted molar refractivity (Wildman–Crippen MR) is 79.6 cm³/mol. The molecule has 0 bridgehead atoms. The molecule has 1 aliphatic rings. The molecule has 4 nitrogen and oxygen atoms in total. The molecule has 1 aromatic heterocycles. The number of likely N-dealkylation sites (N-methyl/N-ethyl adjacent to an activating group) is 1. The summed E-state index contributed by atoms with van der Waals surface area (Å²) in [6, 6.07) is 2.57. The average Bonchev–Trinajstić information content (AvgIpc) is 2.38. The van der Waals surface area contributed by atoms with Crippen molar-refractivity contribution in [1.82, 2.24) is 14.9 Å². The summed E-state index contributed by atoms with van der Waals surface area (Å²) in [6.45, 7) is 12.0. The van der Waals surface area contributed by atoms with Crippen molar-refractivity contribution in [3.05, 3.63) is 17.6 Å². The molecule has 0 amide bonds. The van der Waals surface area contributed by atoms with Crippen molar-refractivity contribution in [3.8, 4) is 0 Å². The topological polar surface area (TPSA) is 41.0 Å². The molecular formula is C15H26N4. The fraction of sp³-hybridized carbons (Fsp3) is 0.733. The van der Waals surface area contributed by atoms with Gasteiger partial charge in [0, 0.05) is 30.3 Å². The minimum atomic E-state index is 0.374. The molecular weight excluding hydrogens is 236 g/mol. The summed E-state index contributed by atoms with van der Waals surface area (Å²) in [7, 11) is 0. The fourth-order valence-electron chi connectivity index (χ4n) is 2.59. The number of nitrogens with one attached hydrogen (secondary N) is 1. The third kappa shape index (κ3) is 3.90. The van der Waals surface area contributed by atoms with E-state index in [9.17, 15) is 0 Å². The second-order valence-electron chi connectivity index (χ2n) is 5.78. The number of likely N-dealkylation sites (tertiary alicyclic amines) is 1. The minimum Gasteiger partial charge on any atom is -0.366 e. The van der Waals surface area contributed by atoms with Crippen LogP contribution in [0.1, 0.15) is 51.0 Å². The van der Waals surface area contributed by atoms with Crippen LogP contribution in [0.3, 0.4) is 0 Å². The zero-order valence-electron chi connectivity index (χ0n) is 12.6. The van der Waals surface area contributed by atoms with Gasteiger partial charge in [-0.3, -0.25) is 0 Å². The maximum Gasteiger partial charge on any atom is 0.133 e. The highest BCUT2D eigenvalue weighted by Gasteiger charge is 2.19. The normalized spacial score (nSPS) is 20.8. The Bertz CT molecular complexity index is 417. The predicted octanol–water partition coefficient (Wildman–Crippen LogP) is 2.80. The molecule has 1 saturated heterocycles. The van der Waals surface area contributed by atoms with Gasteiger partial charge in [-0.1, -0.05) is 20.8 Å². The van der Waals surface area contributed by atoms with Crippen LogP contribution < -0.4 is 5.32 Å². The lowest BCUT2D eigenvalue weighted by atomic mass is 10.1. The summed E-state index contributed by atoms with van der Waals surface area (Å²) >= 11 is 0. The number of nitrogens with zero attached hydrogens (tertiary/aromatic N) is 3. The Labute approximate surface area is 116 Å². The molecule has 1 aliphatic heterocycles. The highest BCUT2D eigenvalue weighted by molar-refractivity contribution is 5.37. The maximum absolute atomic E-state index is 4.64. The van der Waals surface area contributed by atoms with Crippen molar-refractivity contribution in [2.75, 3.05) is 25.0 Å². The van der Waals surface area contributed by atoms with Gasteiger partial charge in [0.25, 0.3) is 0 Å². The van der Waals surface area contributed by atoms with E-state index >= 15 is 0 Å². The van der Waals surface area contributed by atoms with Crippen LogP contribution in [-0.2, 0) is 0 Å². The van der Waals surface area contributed by atoms with Gasteiger partial charge >= 0.3 is 0 Å². The molecule has 19 heavy (non-hydrogen) atoms. The quantitative estimate of drug-likeness (QED) is 0.906. The van der Waals surface area contributed by atoms with Gasteiger partial charge in [-0.25, -0.2) is 9.97 Å². The number of aromatic nitrogens is 2. The van der Waals surface area contributed by atoms with Gasteiger partial charge in [-0.2, -0.15) is 0 Å². The lowest BCUT2D eigenvalue weighted by Gasteiger charge is -2.32. The summed E-state index contributed by atoms with van der Waals surface area (Å²) < 4.78 is 0. The van der Waals surface area contributed by atoms with Gasteiger partial charge in [0.15, 0.2) is 0 Å². The Balaban J connectivity index is 2.06. The van der Waals surface area contributed by atoms with E-state index in [1.807, 2.05) is 6.92 Å². The van der Waals surface area contributed by atoms with Crippen molar-refractivity contribution in [2.45, 2.75) is 52.5 Å². The van der Waals surface area contributed by atoms with Crippen LogP contribution in [0.5, 0.6) is 0 Å². The average molecular weight is 262 g/mol. The highest BCUT2D eigenvalue weighted by Crippen LogP contribution is 2.17. The molecule has 1 fully saturated rings. The highest BCUT2D eigenvalue weighted by atomic mass is 15.2. The third-order valence-electron chi connectivity index (χ3n) is 3.69. The summed E-state index contributed by atoms with van der Waals surface area (Å²) in [6.07, 6.45) is 2.50. The Morgan fingerprint density at radius 3 is 2.89 bits per heavy atom. The maximum atomic E-state index is 4.64. The van der Waals surface area contributed by atoms with E-state index < -0.39 is 0 Å². The number of rotatable bonds is 4. The minimum absolute atomic E-state index is 0.374. The number of hydrogen-bond acceptors (Lipinski definition) is 4. The summed E-state index contributed by atoms with van der Waals surface area (Å²) in [5, 5.41) is 3.59. The van der Waals surface area contributed by atoms with Crippen molar-refractivity contribution < 1.29 is 0 Å². The smallest absolute Gasteiger partial charge is 0.133 e. The van der Waals surface area contributed by atoms with Crippen molar-refractivity contribution >= 4 is 5.82 Å². The number of aryl methyl sites for hydroxylation is 1. The van der Waals surface area contributed by atoms with E-state index in [0.717, 1.165) is 30.4 Å². The van der Waals surface area contributed by atoms with Gasteiger partial charge < -0.3 is 10.2 Å². The van der Waals surface area contributed by atoms with Gasteiger partial charge in [0.2, 0.25) is 0 Å². The van der Waals surface area contributed by atoms with Gasteiger partial charge in [-0.15, -0.1) is 0 Å². The zero-order valence-corrected chi connectivity index (χ0v) is 12.6. The van der Waals surface area contributed by atoms with Gasteiger partial charge in [-0.05, 0) is 32.9 Å². The first-order valence-corrected chi connectivity index (χ1v) is 7.43. The monoisotopic (exact) mass is 262 g/mol. The first-order chi connectivity index (χ1) is 9.08. The van der Waals surface area contributed by atoms with E-state index in [1.54, 1.807) is 0 Å². The molecule has 106 valence electrons. The molecule has 0 aliphatic carbocycles. The fourth-order valence-corrected chi connectivity index (χ4v) is 2.59. The lowest BCUT2D eigenvalue weighted by molar-refractivity contribution is 0.226. The Kier molecular flexibility index (Phi) is 4.75. The van der Waals surface area contributed by atoms with Crippen molar-refractivity contribution in [1.29, 1.82) is 0 Å². The van der Waals surface area contributed by atoms with Crippen LogP contribution in [0.15, 0.2) is 6.07 Å². The molecule has 0 spiro atoms. The zero-order chi connectivity index (χ0) is 13.8. The molecule has 0 aromatic carbocycles. The Morgan fingerprint density at radius 2 is 2.21 bits per heavy atom. The van der Waals surface area contributed by atoms with Crippen LogP contribution in [0, 0.1) is 6.92 Å². The van der Waals surface area contributed by atoms with E-state index in [0.29, 0.717) is 12.0 Å². The number of hydrogen-bond donors (Lipinski definition) is 1. The second kappa shape index (κ2) is 6.33. The van der Waals surface area contributed by atoms with E-state index in [2.05, 4.69) is 47.0 Å². The van der Waals surface area contributed by atoms with E-state index in [1.165, 1.54) is 19.4 Å². The third-order valence-corrected chi connectivity index (χ3v) is 3.69. The van der Waals surface area contributed by atoms with Crippen LogP contribution in [0.2, 0.25) is 0 Å². The Morgan fingerprint density at radius 1 is 1.42 bits per heavy atom. The summed E-state index contributed by atoms with van der Waals surface area (Å²) in [4.78, 5) is 11.6. The van der Waals surface area contributed by atoms with Crippen LogP contribution in [-0.4, -0.2) is 40.5 Å². The van der Waals surface area contributed by atoms with Crippen LogP contribution in [0.4, 0.5) is 5.82 Å². The lowest BCUT2D eigenvalue weighted by Crippen LogP contribution is -2.42. The molecule has 2 heterocycles. The molecule has 0 radical (unpaired) electrons. The molecule has 1 atom stereocenters. The van der Waals surface area contributed by atoms with E-state index in [4.69, 9.17) is 0 Å². The van der Waals surface area contributed by atoms with E-state index in [-0.39, 0.29) is 0 Å². The first kappa shape index (κ1) is 14.3. The first-order valence-electron chi connectivity index (χ1n) is 7.43. The number of anilines is 1. The molecule has 2 rings (SSSR count). The second-order valence-corrected chi connectivity index (χ2v) is 5.78. The Hall–Kier alpha value is -1.16. The van der Waals surface area contributed by atoms with Gasteiger partial charge in [0.05, 0.1) is 0 Å². The largest absolute Gasteiger partial charge is 0.366 e. The van der Waals surface area contributed by atoms with Gasteiger partial charge in [0.1, 0.15) is 11.6 Å².